The largest absolute Gasteiger partial charge is 0.264 e. The molecule has 2 aromatic heterocycles. The Labute approximate surface area is 209 Å². The Bertz CT molecular complexity index is 1870. The van der Waals surface area contributed by atoms with Gasteiger partial charge in [0.1, 0.15) is 0 Å². The van der Waals surface area contributed by atoms with Crippen LogP contribution in [0.25, 0.3) is 66.0 Å². The van der Waals surface area contributed by atoms with Crippen LogP contribution in [0.15, 0.2) is 134 Å². The molecule has 0 atom stereocenters. The molecule has 168 valence electrons. The van der Waals surface area contributed by atoms with E-state index in [-0.39, 0.29) is 0 Å². The molecule has 0 aliphatic rings. The molecule has 0 unspecified atom stereocenters. The first-order valence-corrected chi connectivity index (χ1v) is 12.2. The van der Waals surface area contributed by atoms with Crippen LogP contribution < -0.4 is 0 Å². The van der Waals surface area contributed by atoms with Crippen molar-refractivity contribution in [3.63, 3.8) is 0 Å². The highest BCUT2D eigenvalue weighted by molar-refractivity contribution is 6.14. The first-order chi connectivity index (χ1) is 17.8. The molecule has 5 aromatic carbocycles. The van der Waals surface area contributed by atoms with Crippen LogP contribution in [0.3, 0.4) is 0 Å². The zero-order valence-electron chi connectivity index (χ0n) is 19.6. The SMILES string of the molecule is c1ccc(-c2cc(-c3ccc(-c4cccc5ccncc45)cc3)c3c(ccc4ccccc43)n2)cc1. The summed E-state index contributed by atoms with van der Waals surface area (Å²) in [6.07, 6.45) is 3.80. The predicted octanol–water partition coefficient (Wildman–Crippen LogP) is 8.94. The van der Waals surface area contributed by atoms with Gasteiger partial charge < -0.3 is 0 Å². The maximum atomic E-state index is 5.07. The van der Waals surface area contributed by atoms with E-state index in [0.29, 0.717) is 0 Å². The van der Waals surface area contributed by atoms with Crippen LogP contribution >= 0.6 is 0 Å². The second-order valence-corrected chi connectivity index (χ2v) is 9.08. The number of nitrogens with zero attached hydrogens (tertiary/aromatic N) is 2. The van der Waals surface area contributed by atoms with Gasteiger partial charge in [0, 0.05) is 28.7 Å². The van der Waals surface area contributed by atoms with Crippen LogP contribution in [0.2, 0.25) is 0 Å². The third-order valence-corrected chi connectivity index (χ3v) is 6.96. The lowest BCUT2D eigenvalue weighted by Crippen LogP contribution is -1.91. The average Bonchev–Trinajstić information content (AvgIpc) is 2.97. The van der Waals surface area contributed by atoms with E-state index < -0.39 is 0 Å². The fourth-order valence-electron chi connectivity index (χ4n) is 5.19. The Morgan fingerprint density at radius 3 is 2.06 bits per heavy atom. The highest BCUT2D eigenvalue weighted by Gasteiger charge is 2.13. The van der Waals surface area contributed by atoms with Gasteiger partial charge in [-0.3, -0.25) is 4.98 Å². The molecular weight excluding hydrogens is 436 g/mol. The standard InChI is InChI=1S/C34H22N2/c1-2-8-27(9-3-1)33-21-30(34-29-11-5-4-7-23(29)17-18-32(34)36-33)26-15-13-25(14-16-26)28-12-6-10-24-19-20-35-22-31(24)28/h1-22H. The van der Waals surface area contributed by atoms with Crippen LogP contribution in [0.1, 0.15) is 0 Å². The number of fused-ring (bicyclic) bond motifs is 4. The van der Waals surface area contributed by atoms with Crippen molar-refractivity contribution in [2.45, 2.75) is 0 Å². The van der Waals surface area contributed by atoms with Crippen LogP contribution in [-0.4, -0.2) is 9.97 Å². The van der Waals surface area contributed by atoms with Crippen LogP contribution in [0, 0.1) is 0 Å². The number of hydrogen-bond acceptors (Lipinski definition) is 2. The third-order valence-electron chi connectivity index (χ3n) is 6.96. The number of benzene rings is 5. The van der Waals surface area contributed by atoms with Crippen molar-refractivity contribution in [2.24, 2.45) is 0 Å². The van der Waals surface area contributed by atoms with Crippen molar-refractivity contribution < 1.29 is 0 Å². The Morgan fingerprint density at radius 1 is 0.472 bits per heavy atom. The first-order valence-electron chi connectivity index (χ1n) is 12.2. The molecular formula is C34H22N2. The van der Waals surface area contributed by atoms with Crippen molar-refractivity contribution in [3.8, 4) is 33.5 Å². The van der Waals surface area contributed by atoms with Crippen molar-refractivity contribution in [2.75, 3.05) is 0 Å². The van der Waals surface area contributed by atoms with Gasteiger partial charge in [-0.15, -0.1) is 0 Å². The average molecular weight is 459 g/mol. The molecule has 0 aliphatic carbocycles. The maximum Gasteiger partial charge on any atom is 0.0722 e. The Balaban J connectivity index is 1.45. The van der Waals surface area contributed by atoms with Gasteiger partial charge in [-0.05, 0) is 56.6 Å². The summed E-state index contributed by atoms with van der Waals surface area (Å²) in [6, 6.07) is 42.9. The molecule has 0 N–H and O–H groups in total. The van der Waals surface area contributed by atoms with Gasteiger partial charge in [0.25, 0.3) is 0 Å². The zero-order chi connectivity index (χ0) is 23.9. The number of pyridine rings is 2. The van der Waals surface area contributed by atoms with E-state index in [4.69, 9.17) is 4.98 Å². The van der Waals surface area contributed by atoms with E-state index in [0.717, 1.165) is 16.8 Å². The highest BCUT2D eigenvalue weighted by atomic mass is 14.7. The lowest BCUT2D eigenvalue weighted by Gasteiger charge is -2.14. The summed E-state index contributed by atoms with van der Waals surface area (Å²) >= 11 is 0. The van der Waals surface area contributed by atoms with E-state index in [1.807, 2.05) is 18.5 Å². The zero-order valence-corrected chi connectivity index (χ0v) is 19.6. The summed E-state index contributed by atoms with van der Waals surface area (Å²) in [4.78, 5) is 9.43. The maximum absolute atomic E-state index is 5.07. The van der Waals surface area contributed by atoms with Gasteiger partial charge in [-0.2, -0.15) is 0 Å². The van der Waals surface area contributed by atoms with Gasteiger partial charge in [0.05, 0.1) is 11.2 Å². The lowest BCUT2D eigenvalue weighted by molar-refractivity contribution is 1.36. The molecule has 2 heteroatoms. The minimum atomic E-state index is 0.984. The van der Waals surface area contributed by atoms with E-state index in [2.05, 4.69) is 120 Å². The summed E-state index contributed by atoms with van der Waals surface area (Å²) in [6.45, 7) is 0. The van der Waals surface area contributed by atoms with E-state index >= 15 is 0 Å². The van der Waals surface area contributed by atoms with Gasteiger partial charge in [0.2, 0.25) is 0 Å². The van der Waals surface area contributed by atoms with Crippen molar-refractivity contribution >= 4 is 32.4 Å². The lowest BCUT2D eigenvalue weighted by atomic mass is 9.93. The van der Waals surface area contributed by atoms with Crippen LogP contribution in [-0.2, 0) is 0 Å². The molecule has 0 amide bonds. The number of rotatable bonds is 3. The van der Waals surface area contributed by atoms with Crippen molar-refractivity contribution in [3.05, 3.63) is 134 Å². The van der Waals surface area contributed by atoms with E-state index in [9.17, 15) is 0 Å². The molecule has 36 heavy (non-hydrogen) atoms. The van der Waals surface area contributed by atoms with Gasteiger partial charge in [0.15, 0.2) is 0 Å². The smallest absolute Gasteiger partial charge is 0.0722 e. The van der Waals surface area contributed by atoms with E-state index in [1.165, 1.54) is 49.2 Å². The topological polar surface area (TPSA) is 25.8 Å². The molecule has 2 nitrogen and oxygen atoms in total. The molecule has 0 spiro atoms. The predicted molar refractivity (Wildman–Crippen MR) is 151 cm³/mol. The normalized spacial score (nSPS) is 11.3. The van der Waals surface area contributed by atoms with E-state index in [1.54, 1.807) is 0 Å². The Hall–Kier alpha value is -4.82. The summed E-state index contributed by atoms with van der Waals surface area (Å²) in [7, 11) is 0. The molecule has 0 bridgehead atoms. The Morgan fingerprint density at radius 2 is 1.19 bits per heavy atom. The fourth-order valence-corrected chi connectivity index (χ4v) is 5.19. The molecule has 0 fully saturated rings. The molecule has 2 heterocycles. The van der Waals surface area contributed by atoms with Crippen molar-refractivity contribution in [1.82, 2.24) is 9.97 Å². The van der Waals surface area contributed by atoms with Gasteiger partial charge in [-0.25, -0.2) is 4.98 Å². The molecule has 0 saturated carbocycles. The third kappa shape index (κ3) is 3.43. The molecule has 7 rings (SSSR count). The minimum Gasteiger partial charge on any atom is -0.264 e. The van der Waals surface area contributed by atoms with Gasteiger partial charge in [-0.1, -0.05) is 103 Å². The Kier molecular flexibility index (Phi) is 4.82. The molecule has 0 aliphatic heterocycles. The second kappa shape index (κ2) is 8.44. The number of aromatic nitrogens is 2. The fraction of sp³-hybridized carbons (Fsp3) is 0. The van der Waals surface area contributed by atoms with Crippen LogP contribution in [0.5, 0.6) is 0 Å². The molecule has 0 saturated heterocycles. The monoisotopic (exact) mass is 458 g/mol. The van der Waals surface area contributed by atoms with Crippen molar-refractivity contribution in [1.29, 1.82) is 0 Å². The molecule has 7 aromatic rings. The summed E-state index contributed by atoms with van der Waals surface area (Å²) in [5.74, 6) is 0. The summed E-state index contributed by atoms with van der Waals surface area (Å²) < 4.78 is 0. The molecule has 0 radical (unpaired) electrons. The summed E-state index contributed by atoms with van der Waals surface area (Å²) in [5, 5.41) is 6.00. The quantitative estimate of drug-likeness (QED) is 0.247. The highest BCUT2D eigenvalue weighted by Crippen LogP contribution is 2.37. The number of hydrogen-bond donors (Lipinski definition) is 0. The first kappa shape index (κ1) is 20.5. The van der Waals surface area contributed by atoms with Gasteiger partial charge >= 0.3 is 0 Å². The second-order valence-electron chi connectivity index (χ2n) is 9.08. The van der Waals surface area contributed by atoms with Crippen LogP contribution in [0.4, 0.5) is 0 Å². The summed E-state index contributed by atoms with van der Waals surface area (Å²) in [5.41, 5.74) is 7.87. The minimum absolute atomic E-state index is 0.984.